The number of nitrogens with one attached hydrogen (secondary N) is 1. The number of hydrogen-bond donors (Lipinski definition) is 1. The van der Waals surface area contributed by atoms with Crippen molar-refractivity contribution >= 4 is 0 Å². The molecular formula is C5H12N2+. The molecule has 0 aliphatic carbocycles. The van der Waals surface area contributed by atoms with Crippen molar-refractivity contribution in [1.29, 1.82) is 0 Å². The van der Waals surface area contributed by atoms with Crippen LogP contribution in [0.25, 0.3) is 0 Å². The van der Waals surface area contributed by atoms with Crippen molar-refractivity contribution in [2.75, 3.05) is 27.2 Å². The highest BCUT2D eigenvalue weighted by Gasteiger charge is 2.30. The summed E-state index contributed by atoms with van der Waals surface area (Å²) in [4.78, 5) is 2.29. The van der Waals surface area contributed by atoms with Gasteiger partial charge in [-0.15, -0.1) is 0 Å². The lowest BCUT2D eigenvalue weighted by Gasteiger charge is -2.25. The summed E-state index contributed by atoms with van der Waals surface area (Å²) in [5, 5.41) is 3.19. The molecule has 0 aromatic rings. The number of likely N-dealkylation sites (tertiary alicyclic amines) is 1. The van der Waals surface area contributed by atoms with Gasteiger partial charge in [-0.25, -0.2) is 0 Å². The predicted octanol–water partition coefficient (Wildman–Crippen LogP) is -0.642. The van der Waals surface area contributed by atoms with Crippen LogP contribution in [0, 0.1) is 0 Å². The summed E-state index contributed by atoms with van der Waals surface area (Å²) in [6, 6.07) is 0.769. The Morgan fingerprint density at radius 2 is 2.14 bits per heavy atom. The molecule has 1 fully saturated rings. The smallest absolute Gasteiger partial charge is 0.143 e. The van der Waals surface area contributed by atoms with Crippen LogP contribution in [0.2, 0.25) is 0 Å². The SMILES string of the molecule is CNC1C[N+](C)C1. The van der Waals surface area contributed by atoms with E-state index in [-0.39, 0.29) is 0 Å². The molecule has 1 aliphatic rings. The van der Waals surface area contributed by atoms with Crippen molar-refractivity contribution in [2.45, 2.75) is 6.04 Å². The number of likely N-dealkylation sites (N-methyl/N-ethyl adjacent to an activating group) is 2. The fraction of sp³-hybridized carbons (Fsp3) is 1.00. The van der Waals surface area contributed by atoms with Gasteiger partial charge < -0.3 is 5.32 Å². The predicted molar refractivity (Wildman–Crippen MR) is 30.6 cm³/mol. The largest absolute Gasteiger partial charge is 0.307 e. The molecule has 7 heavy (non-hydrogen) atoms. The topological polar surface area (TPSA) is 17.9 Å². The van der Waals surface area contributed by atoms with E-state index in [1.54, 1.807) is 0 Å². The fourth-order valence-corrected chi connectivity index (χ4v) is 0.882. The second-order valence-electron chi connectivity index (χ2n) is 2.21. The summed E-state index contributed by atoms with van der Waals surface area (Å²) >= 11 is 0. The van der Waals surface area contributed by atoms with E-state index in [4.69, 9.17) is 0 Å². The van der Waals surface area contributed by atoms with Crippen LogP contribution < -0.4 is 10.2 Å². The van der Waals surface area contributed by atoms with E-state index in [1.807, 2.05) is 7.05 Å². The van der Waals surface area contributed by atoms with Gasteiger partial charge in [-0.2, -0.15) is 4.90 Å². The van der Waals surface area contributed by atoms with Gasteiger partial charge in [0.25, 0.3) is 0 Å². The first-order chi connectivity index (χ1) is 3.33. The molecule has 0 atom stereocenters. The zero-order valence-corrected chi connectivity index (χ0v) is 4.94. The van der Waals surface area contributed by atoms with E-state index in [0.717, 1.165) is 6.04 Å². The standard InChI is InChI=1S/C5H12N2/c1-6-5-3-7(2)4-5/h5-6H,3-4H2,1-2H3/q+1. The summed E-state index contributed by atoms with van der Waals surface area (Å²) < 4.78 is 0. The molecule has 1 rings (SSSR count). The van der Waals surface area contributed by atoms with Gasteiger partial charge in [-0.1, -0.05) is 0 Å². The molecule has 1 heterocycles. The molecule has 0 aromatic heterocycles. The molecule has 41 valence electrons. The molecule has 0 unspecified atom stereocenters. The maximum absolute atomic E-state index is 3.19. The lowest BCUT2D eigenvalue weighted by molar-refractivity contribution is 0.271. The molecule has 1 saturated heterocycles. The third-order valence-corrected chi connectivity index (χ3v) is 1.47. The summed E-state index contributed by atoms with van der Waals surface area (Å²) in [7, 11) is 4.14. The first-order valence-electron chi connectivity index (χ1n) is 2.68. The van der Waals surface area contributed by atoms with Crippen LogP contribution in [0.3, 0.4) is 0 Å². The van der Waals surface area contributed by atoms with Crippen molar-refractivity contribution in [3.8, 4) is 0 Å². The second kappa shape index (κ2) is 1.80. The van der Waals surface area contributed by atoms with Crippen molar-refractivity contribution in [2.24, 2.45) is 0 Å². The Kier molecular flexibility index (Phi) is 1.30. The number of nitrogens with zero attached hydrogens (tertiary/aromatic N) is 1. The number of hydrogen-bond acceptors (Lipinski definition) is 2. The Bertz CT molecular complexity index is 57.1. The van der Waals surface area contributed by atoms with Crippen LogP contribution >= 0.6 is 0 Å². The van der Waals surface area contributed by atoms with E-state index in [0.29, 0.717) is 0 Å². The third-order valence-electron chi connectivity index (χ3n) is 1.47. The number of rotatable bonds is 1. The lowest BCUT2D eigenvalue weighted by Crippen LogP contribution is -2.58. The highest BCUT2D eigenvalue weighted by atomic mass is 15.2. The van der Waals surface area contributed by atoms with Gasteiger partial charge in [0.2, 0.25) is 0 Å². The van der Waals surface area contributed by atoms with Crippen LogP contribution in [-0.2, 0) is 0 Å². The normalized spacial score (nSPS) is 24.9. The van der Waals surface area contributed by atoms with Gasteiger partial charge in [0.05, 0.1) is 0 Å². The van der Waals surface area contributed by atoms with Gasteiger partial charge in [-0.3, -0.25) is 0 Å². The second-order valence-corrected chi connectivity index (χ2v) is 2.21. The average Bonchev–Trinajstić information content (AvgIpc) is 1.58. The Labute approximate surface area is 44.5 Å². The minimum atomic E-state index is 0.769. The van der Waals surface area contributed by atoms with Crippen LogP contribution in [0.1, 0.15) is 0 Å². The van der Waals surface area contributed by atoms with Gasteiger partial charge in [0, 0.05) is 0 Å². The molecule has 2 heteroatoms. The first kappa shape index (κ1) is 5.06. The van der Waals surface area contributed by atoms with E-state index in [2.05, 4.69) is 17.3 Å². The molecule has 0 spiro atoms. The molecular weight excluding hydrogens is 88.1 g/mol. The Morgan fingerprint density at radius 3 is 2.29 bits per heavy atom. The van der Waals surface area contributed by atoms with Crippen molar-refractivity contribution in [1.82, 2.24) is 10.2 Å². The fourth-order valence-electron chi connectivity index (χ4n) is 0.882. The minimum absolute atomic E-state index is 0.769. The quantitative estimate of drug-likeness (QED) is 0.434. The Hall–Kier alpha value is -0.0800. The summed E-state index contributed by atoms with van der Waals surface area (Å²) in [5.74, 6) is 0. The lowest BCUT2D eigenvalue weighted by atomic mass is 10.1. The highest BCUT2D eigenvalue weighted by molar-refractivity contribution is 4.85. The van der Waals surface area contributed by atoms with Crippen molar-refractivity contribution < 1.29 is 0 Å². The van der Waals surface area contributed by atoms with Crippen molar-refractivity contribution in [3.63, 3.8) is 0 Å². The molecule has 1 radical (unpaired) electrons. The van der Waals surface area contributed by atoms with Crippen LogP contribution in [0.4, 0.5) is 0 Å². The minimum Gasteiger partial charge on any atom is -0.307 e. The molecule has 0 amide bonds. The summed E-state index contributed by atoms with van der Waals surface area (Å²) in [6.07, 6.45) is 0. The molecule has 0 saturated carbocycles. The van der Waals surface area contributed by atoms with E-state index in [1.165, 1.54) is 13.1 Å². The maximum atomic E-state index is 3.19. The summed E-state index contributed by atoms with van der Waals surface area (Å²) in [6.45, 7) is 2.44. The maximum Gasteiger partial charge on any atom is 0.143 e. The van der Waals surface area contributed by atoms with E-state index < -0.39 is 0 Å². The molecule has 2 nitrogen and oxygen atoms in total. The monoisotopic (exact) mass is 100 g/mol. The van der Waals surface area contributed by atoms with E-state index >= 15 is 0 Å². The van der Waals surface area contributed by atoms with Crippen LogP contribution in [-0.4, -0.2) is 33.2 Å². The molecule has 1 N–H and O–H groups in total. The Morgan fingerprint density at radius 1 is 1.57 bits per heavy atom. The molecule has 0 bridgehead atoms. The Balaban J connectivity index is 2.06. The molecule has 0 aromatic carbocycles. The highest BCUT2D eigenvalue weighted by Crippen LogP contribution is 1.97. The van der Waals surface area contributed by atoms with Gasteiger partial charge >= 0.3 is 0 Å². The zero-order chi connectivity index (χ0) is 5.28. The van der Waals surface area contributed by atoms with Gasteiger partial charge in [-0.05, 0) is 7.05 Å². The first-order valence-corrected chi connectivity index (χ1v) is 2.68. The van der Waals surface area contributed by atoms with Gasteiger partial charge in [0.1, 0.15) is 26.2 Å². The van der Waals surface area contributed by atoms with Gasteiger partial charge in [0.15, 0.2) is 0 Å². The van der Waals surface area contributed by atoms with Crippen molar-refractivity contribution in [3.05, 3.63) is 0 Å². The zero-order valence-electron chi connectivity index (χ0n) is 4.94. The van der Waals surface area contributed by atoms with Crippen LogP contribution in [0.5, 0.6) is 0 Å². The molecule has 1 aliphatic heterocycles. The van der Waals surface area contributed by atoms with Crippen LogP contribution in [0.15, 0.2) is 0 Å². The average molecular weight is 100 g/mol. The van der Waals surface area contributed by atoms with E-state index in [9.17, 15) is 0 Å². The summed E-state index contributed by atoms with van der Waals surface area (Å²) in [5.41, 5.74) is 0. The third kappa shape index (κ3) is 0.924.